The molecular formula is C27H22BrCl2FN2O5S. The third-order valence-corrected chi connectivity index (χ3v) is 8.84. The van der Waals surface area contributed by atoms with E-state index in [0.717, 1.165) is 19.1 Å². The van der Waals surface area contributed by atoms with Crippen molar-refractivity contribution >= 4 is 60.8 Å². The van der Waals surface area contributed by atoms with Gasteiger partial charge >= 0.3 is 0 Å². The van der Waals surface area contributed by atoms with E-state index < -0.39 is 27.3 Å². The number of hydrogen-bond donors (Lipinski definition) is 1. The zero-order chi connectivity index (χ0) is 28.1. The Hall–Kier alpha value is -2.50. The summed E-state index contributed by atoms with van der Waals surface area (Å²) < 4.78 is 47.8. The first-order valence-corrected chi connectivity index (χ1v) is 15.3. The molecule has 39 heavy (non-hydrogen) atoms. The molecule has 1 aliphatic carbocycles. The second-order valence-electron chi connectivity index (χ2n) is 9.48. The summed E-state index contributed by atoms with van der Waals surface area (Å²) in [5.74, 6) is -1.63. The smallest absolute Gasteiger partial charge is 0.257 e. The fraction of sp³-hybridized carbons (Fsp3) is 0.259. The maximum atomic E-state index is 15.8. The maximum Gasteiger partial charge on any atom is 0.257 e. The molecule has 12 heteroatoms. The van der Waals surface area contributed by atoms with Crippen molar-refractivity contribution in [2.24, 2.45) is 5.92 Å². The van der Waals surface area contributed by atoms with Crippen LogP contribution in [0.25, 0.3) is 0 Å². The number of sulfone groups is 1. The first-order valence-electron chi connectivity index (χ1n) is 11.9. The van der Waals surface area contributed by atoms with Crippen LogP contribution in [0.1, 0.15) is 39.9 Å². The average Bonchev–Trinajstić information content (AvgIpc) is 3.68. The van der Waals surface area contributed by atoms with E-state index in [2.05, 4.69) is 21.2 Å². The Morgan fingerprint density at radius 1 is 1.13 bits per heavy atom. The van der Waals surface area contributed by atoms with Crippen molar-refractivity contribution in [3.05, 3.63) is 97.2 Å². The van der Waals surface area contributed by atoms with Crippen LogP contribution in [0.5, 0.6) is 0 Å². The van der Waals surface area contributed by atoms with Gasteiger partial charge < -0.3 is 10.1 Å². The van der Waals surface area contributed by atoms with E-state index in [1.807, 2.05) is 0 Å². The van der Waals surface area contributed by atoms with Gasteiger partial charge in [0.1, 0.15) is 12.5 Å². The Labute approximate surface area is 243 Å². The minimum Gasteiger partial charge on any atom is -0.333 e. The highest BCUT2D eigenvalue weighted by atomic mass is 79.9. The molecule has 2 amide bonds. The first kappa shape index (κ1) is 28.0. The number of hydrogen-bond acceptors (Lipinski definition) is 5. The number of carbonyl (C=O) groups is 2. The molecule has 1 heterocycles. The van der Waals surface area contributed by atoms with Crippen LogP contribution in [0.4, 0.5) is 4.39 Å². The fourth-order valence-electron chi connectivity index (χ4n) is 4.78. The van der Waals surface area contributed by atoms with Crippen LogP contribution in [0.3, 0.4) is 0 Å². The number of fused-ring (bicyclic) bond motifs is 1. The lowest BCUT2D eigenvalue weighted by atomic mass is 9.92. The van der Waals surface area contributed by atoms with E-state index in [1.54, 1.807) is 24.3 Å². The van der Waals surface area contributed by atoms with Crippen molar-refractivity contribution in [3.63, 3.8) is 0 Å². The fourth-order valence-corrected chi connectivity index (χ4v) is 6.52. The SMILES string of the molecule is CS(=O)(=O)c1cc(Cl)ccc1CN1C(=O)c2cc(Br)cc(F)c2C1(OCNC(=O)C1CC1)c1ccc(Cl)cc1. The first-order chi connectivity index (χ1) is 18.4. The van der Waals surface area contributed by atoms with Gasteiger partial charge in [-0.05, 0) is 54.8 Å². The highest BCUT2D eigenvalue weighted by Crippen LogP contribution is 2.48. The van der Waals surface area contributed by atoms with E-state index in [9.17, 15) is 18.0 Å². The number of amides is 2. The lowest BCUT2D eigenvalue weighted by Gasteiger charge is -2.39. The van der Waals surface area contributed by atoms with Crippen molar-refractivity contribution < 1.29 is 27.1 Å². The van der Waals surface area contributed by atoms with Crippen LogP contribution in [0.15, 0.2) is 64.0 Å². The van der Waals surface area contributed by atoms with Crippen LogP contribution in [0.2, 0.25) is 10.0 Å². The van der Waals surface area contributed by atoms with Gasteiger partial charge in [0, 0.05) is 32.3 Å². The predicted molar refractivity (Wildman–Crippen MR) is 148 cm³/mol. The van der Waals surface area contributed by atoms with E-state index >= 15 is 4.39 Å². The van der Waals surface area contributed by atoms with Crippen molar-refractivity contribution in [1.29, 1.82) is 0 Å². The summed E-state index contributed by atoms with van der Waals surface area (Å²) in [6.45, 7) is -0.612. The number of nitrogens with one attached hydrogen (secondary N) is 1. The van der Waals surface area contributed by atoms with E-state index in [-0.39, 0.29) is 51.7 Å². The number of nitrogens with zero attached hydrogens (tertiary/aromatic N) is 1. The van der Waals surface area contributed by atoms with E-state index in [4.69, 9.17) is 27.9 Å². The lowest BCUT2D eigenvalue weighted by Crippen LogP contribution is -2.49. The van der Waals surface area contributed by atoms with Gasteiger partial charge in [0.25, 0.3) is 5.91 Å². The van der Waals surface area contributed by atoms with Crippen molar-refractivity contribution in [3.8, 4) is 0 Å². The van der Waals surface area contributed by atoms with Gasteiger partial charge in [-0.25, -0.2) is 12.8 Å². The molecule has 1 atom stereocenters. The molecule has 0 radical (unpaired) electrons. The second-order valence-corrected chi connectivity index (χ2v) is 13.3. The zero-order valence-electron chi connectivity index (χ0n) is 20.5. The summed E-state index contributed by atoms with van der Waals surface area (Å²) in [4.78, 5) is 27.6. The van der Waals surface area contributed by atoms with Crippen LogP contribution in [0, 0.1) is 11.7 Å². The number of benzene rings is 3. The highest BCUT2D eigenvalue weighted by Gasteiger charge is 2.54. The van der Waals surface area contributed by atoms with Crippen LogP contribution < -0.4 is 5.32 Å². The van der Waals surface area contributed by atoms with Gasteiger partial charge in [-0.1, -0.05) is 57.3 Å². The molecule has 1 fully saturated rings. The van der Waals surface area contributed by atoms with Crippen LogP contribution >= 0.6 is 39.1 Å². The number of halogens is 4. The topological polar surface area (TPSA) is 92.8 Å². The van der Waals surface area contributed by atoms with Gasteiger partial charge in [-0.2, -0.15) is 0 Å². The third-order valence-electron chi connectivity index (χ3n) is 6.72. The molecule has 204 valence electrons. The Morgan fingerprint density at radius 2 is 1.79 bits per heavy atom. The van der Waals surface area contributed by atoms with Crippen molar-refractivity contribution in [2.75, 3.05) is 13.0 Å². The average molecular weight is 656 g/mol. The highest BCUT2D eigenvalue weighted by molar-refractivity contribution is 9.10. The second kappa shape index (κ2) is 10.5. The van der Waals surface area contributed by atoms with E-state index in [0.29, 0.717) is 15.1 Å². The molecule has 1 N–H and O–H groups in total. The van der Waals surface area contributed by atoms with Gasteiger partial charge in [-0.15, -0.1) is 0 Å². The molecule has 5 rings (SSSR count). The van der Waals surface area contributed by atoms with Gasteiger partial charge in [-0.3, -0.25) is 14.5 Å². The molecular weight excluding hydrogens is 634 g/mol. The predicted octanol–water partition coefficient (Wildman–Crippen LogP) is 5.66. The summed E-state index contributed by atoms with van der Waals surface area (Å²) in [6, 6.07) is 13.4. The molecule has 0 aromatic heterocycles. The quantitative estimate of drug-likeness (QED) is 0.317. The summed E-state index contributed by atoms with van der Waals surface area (Å²) in [6.07, 6.45) is 2.58. The van der Waals surface area contributed by atoms with E-state index in [1.165, 1.54) is 35.2 Å². The third kappa shape index (κ3) is 5.32. The van der Waals surface area contributed by atoms with Gasteiger partial charge in [0.05, 0.1) is 22.6 Å². The standard InChI is InChI=1S/C27H22BrCl2FN2O5S/c1-39(36,37)23-12-20(30)7-4-16(23)13-33-26(35)21-10-18(28)11-22(31)24(21)27(33,17-5-8-19(29)9-6-17)38-14-32-25(34)15-2-3-15/h4-12,15H,2-3,13-14H2,1H3,(H,32,34). The van der Waals surface area contributed by atoms with Crippen molar-refractivity contribution in [2.45, 2.75) is 30.0 Å². The minimum atomic E-state index is -3.75. The molecule has 0 saturated heterocycles. The van der Waals surface area contributed by atoms with Gasteiger partial charge in [0.2, 0.25) is 11.6 Å². The Morgan fingerprint density at radius 3 is 2.44 bits per heavy atom. The lowest BCUT2D eigenvalue weighted by molar-refractivity contribution is -0.136. The molecule has 1 saturated carbocycles. The summed E-state index contributed by atoms with van der Waals surface area (Å²) in [5.41, 5.74) is -1.29. The van der Waals surface area contributed by atoms with Gasteiger partial charge in [0.15, 0.2) is 9.84 Å². The monoisotopic (exact) mass is 654 g/mol. The number of ether oxygens (including phenoxy) is 1. The zero-order valence-corrected chi connectivity index (χ0v) is 24.4. The maximum absolute atomic E-state index is 15.8. The largest absolute Gasteiger partial charge is 0.333 e. The molecule has 1 aliphatic heterocycles. The minimum absolute atomic E-state index is 0.0280. The molecule has 3 aromatic carbocycles. The number of rotatable bonds is 8. The Kier molecular flexibility index (Phi) is 7.54. The molecule has 0 spiro atoms. The molecule has 2 aliphatic rings. The normalized spacial score (nSPS) is 18.8. The Balaban J connectivity index is 1.70. The molecule has 0 bridgehead atoms. The number of carbonyl (C=O) groups excluding carboxylic acids is 2. The molecule has 1 unspecified atom stereocenters. The molecule has 3 aromatic rings. The van der Waals surface area contributed by atoms with Crippen LogP contribution in [-0.2, 0) is 31.6 Å². The van der Waals surface area contributed by atoms with Crippen molar-refractivity contribution in [1.82, 2.24) is 10.2 Å². The summed E-state index contributed by atoms with van der Waals surface area (Å²) in [7, 11) is -3.75. The van der Waals surface area contributed by atoms with Crippen LogP contribution in [-0.4, -0.2) is 38.1 Å². The summed E-state index contributed by atoms with van der Waals surface area (Å²) >= 11 is 15.5. The molecule has 7 nitrogen and oxygen atoms in total. The summed E-state index contributed by atoms with van der Waals surface area (Å²) in [5, 5.41) is 3.32. The Bertz CT molecular complexity index is 1600.